The van der Waals surface area contributed by atoms with Crippen LogP contribution in [0.1, 0.15) is 20.3 Å². The minimum atomic E-state index is 0.00694. The van der Waals surface area contributed by atoms with E-state index in [1.54, 1.807) is 0 Å². The molecule has 1 rings (SSSR count). The molecule has 0 bridgehead atoms. The first-order valence-electron chi connectivity index (χ1n) is 8.14. The van der Waals surface area contributed by atoms with Crippen molar-refractivity contribution in [2.45, 2.75) is 26.3 Å². The summed E-state index contributed by atoms with van der Waals surface area (Å²) in [4.78, 5) is 0. The van der Waals surface area contributed by atoms with Gasteiger partial charge in [0.1, 0.15) is 0 Å². The zero-order valence-electron chi connectivity index (χ0n) is 13.9. The maximum absolute atomic E-state index is 4.80. The van der Waals surface area contributed by atoms with Crippen molar-refractivity contribution in [3.8, 4) is 0 Å². The van der Waals surface area contributed by atoms with Gasteiger partial charge >= 0.3 is 33.3 Å². The molecule has 0 radical (unpaired) electrons. The normalized spacial score (nSPS) is 23.0. The fourth-order valence-electron chi connectivity index (χ4n) is 2.35. The standard InChI is InChI=1S/C14H33N5.2ClH.Mn/c1-13(2)11-14-12-18-8-7-16-4-3-15-5-6-17-9-10-19-14;;;/h13-19H,3-12H2,1-2H3;2*1H;/q;;;+2/p-2. The van der Waals surface area contributed by atoms with Gasteiger partial charge in [0.2, 0.25) is 0 Å². The summed E-state index contributed by atoms with van der Waals surface area (Å²) in [6.07, 6.45) is 1.24. The van der Waals surface area contributed by atoms with Crippen LogP contribution in [0.25, 0.3) is 0 Å². The van der Waals surface area contributed by atoms with Crippen molar-refractivity contribution in [1.82, 2.24) is 26.6 Å². The molecule has 135 valence electrons. The van der Waals surface area contributed by atoms with E-state index in [0.717, 1.165) is 64.8 Å². The van der Waals surface area contributed by atoms with Crippen molar-refractivity contribution in [3.05, 3.63) is 0 Å². The van der Waals surface area contributed by atoms with E-state index >= 15 is 0 Å². The molecule has 1 aliphatic rings. The van der Waals surface area contributed by atoms with Crippen molar-refractivity contribution in [1.29, 1.82) is 0 Å². The SMILES string of the molecule is CC(C)CC1CNCCNCCNCCNCCN1.[Cl][Mn][Cl]. The molecule has 0 aliphatic carbocycles. The first-order valence-corrected chi connectivity index (χ1v) is 11.4. The monoisotopic (exact) mass is 396 g/mol. The van der Waals surface area contributed by atoms with E-state index in [2.05, 4.69) is 40.4 Å². The number of hydrogen-bond donors (Lipinski definition) is 5. The summed E-state index contributed by atoms with van der Waals surface area (Å²) in [7, 11) is 9.59. The maximum atomic E-state index is 4.80. The van der Waals surface area contributed by atoms with Gasteiger partial charge in [-0.2, -0.15) is 0 Å². The van der Waals surface area contributed by atoms with E-state index in [4.69, 9.17) is 20.2 Å². The number of rotatable bonds is 2. The van der Waals surface area contributed by atoms with E-state index in [1.165, 1.54) is 6.42 Å². The van der Waals surface area contributed by atoms with E-state index in [1.807, 2.05) is 0 Å². The number of nitrogens with one attached hydrogen (secondary N) is 5. The summed E-state index contributed by atoms with van der Waals surface area (Å²) in [5, 5.41) is 17.5. The fraction of sp³-hybridized carbons (Fsp3) is 1.00. The molecule has 0 aromatic rings. The molecule has 1 fully saturated rings. The molecular weight excluding hydrogens is 364 g/mol. The van der Waals surface area contributed by atoms with Crippen LogP contribution in [0.4, 0.5) is 0 Å². The average molecular weight is 397 g/mol. The summed E-state index contributed by atoms with van der Waals surface area (Å²) < 4.78 is 0. The van der Waals surface area contributed by atoms with Crippen molar-refractivity contribution < 1.29 is 13.1 Å². The third-order valence-electron chi connectivity index (χ3n) is 3.32. The van der Waals surface area contributed by atoms with Crippen LogP contribution in [0.15, 0.2) is 0 Å². The Bertz CT molecular complexity index is 209. The Balaban J connectivity index is 0.00000135. The topological polar surface area (TPSA) is 60.1 Å². The van der Waals surface area contributed by atoms with Crippen LogP contribution in [0.5, 0.6) is 0 Å². The minimum absolute atomic E-state index is 0.00694. The van der Waals surface area contributed by atoms with Crippen molar-refractivity contribution >= 4 is 20.2 Å². The number of hydrogen-bond acceptors (Lipinski definition) is 5. The fourth-order valence-corrected chi connectivity index (χ4v) is 2.35. The first-order chi connectivity index (χ1) is 10.7. The first kappa shape index (κ1) is 22.9. The van der Waals surface area contributed by atoms with Gasteiger partial charge < -0.3 is 26.6 Å². The Morgan fingerprint density at radius 1 is 0.818 bits per heavy atom. The van der Waals surface area contributed by atoms with Gasteiger partial charge in [-0.15, -0.1) is 0 Å². The molecule has 0 aromatic carbocycles. The second-order valence-corrected chi connectivity index (χ2v) is 7.74. The summed E-state index contributed by atoms with van der Waals surface area (Å²) in [5.41, 5.74) is 0. The van der Waals surface area contributed by atoms with Crippen LogP contribution in [0.3, 0.4) is 0 Å². The molecular formula is C14H33Cl2MnN5. The molecule has 1 atom stereocenters. The molecule has 22 heavy (non-hydrogen) atoms. The van der Waals surface area contributed by atoms with Gasteiger partial charge in [-0.25, -0.2) is 0 Å². The second-order valence-electron chi connectivity index (χ2n) is 5.79. The second kappa shape index (κ2) is 18.2. The van der Waals surface area contributed by atoms with Gasteiger partial charge in [-0.3, -0.25) is 0 Å². The molecule has 1 unspecified atom stereocenters. The molecule has 0 saturated carbocycles. The van der Waals surface area contributed by atoms with Gasteiger partial charge in [0.25, 0.3) is 0 Å². The summed E-state index contributed by atoms with van der Waals surface area (Å²) in [6, 6.07) is 0.588. The molecule has 0 amide bonds. The van der Waals surface area contributed by atoms with E-state index in [0.29, 0.717) is 6.04 Å². The quantitative estimate of drug-likeness (QED) is 0.445. The Hall–Kier alpha value is 0.899. The Kier molecular flexibility index (Phi) is 19.0. The Morgan fingerprint density at radius 3 is 1.68 bits per heavy atom. The molecule has 1 heterocycles. The zero-order chi connectivity index (χ0) is 16.5. The van der Waals surface area contributed by atoms with Gasteiger partial charge in [0.05, 0.1) is 0 Å². The zero-order valence-corrected chi connectivity index (χ0v) is 16.6. The van der Waals surface area contributed by atoms with Crippen molar-refractivity contribution in [2.24, 2.45) is 5.92 Å². The average Bonchev–Trinajstić information content (AvgIpc) is 2.47. The molecule has 8 heteroatoms. The van der Waals surface area contributed by atoms with Gasteiger partial charge in [-0.05, 0) is 12.3 Å². The third-order valence-corrected chi connectivity index (χ3v) is 3.32. The third kappa shape index (κ3) is 17.3. The molecule has 1 saturated heterocycles. The molecule has 5 N–H and O–H groups in total. The summed E-state index contributed by atoms with van der Waals surface area (Å²) >= 11 is 0.00694. The van der Waals surface area contributed by atoms with E-state index in [-0.39, 0.29) is 13.1 Å². The summed E-state index contributed by atoms with van der Waals surface area (Å²) in [5.74, 6) is 0.747. The van der Waals surface area contributed by atoms with Gasteiger partial charge in [0, 0.05) is 64.9 Å². The van der Waals surface area contributed by atoms with Crippen molar-refractivity contribution in [2.75, 3.05) is 58.9 Å². The summed E-state index contributed by atoms with van der Waals surface area (Å²) in [6.45, 7) is 14.1. The molecule has 5 nitrogen and oxygen atoms in total. The van der Waals surface area contributed by atoms with Gasteiger partial charge in [0.15, 0.2) is 0 Å². The van der Waals surface area contributed by atoms with Gasteiger partial charge in [-0.1, -0.05) is 13.8 Å². The van der Waals surface area contributed by atoms with Crippen molar-refractivity contribution in [3.63, 3.8) is 0 Å². The predicted octanol–water partition coefficient (Wildman–Crippen LogP) is 0.739. The van der Waals surface area contributed by atoms with Crippen LogP contribution in [0, 0.1) is 5.92 Å². The Labute approximate surface area is 151 Å². The molecule has 1 aliphatic heterocycles. The van der Waals surface area contributed by atoms with Crippen LogP contribution in [-0.2, 0) is 13.1 Å². The Morgan fingerprint density at radius 2 is 1.23 bits per heavy atom. The molecule has 0 spiro atoms. The number of halogens is 2. The van der Waals surface area contributed by atoms with E-state index < -0.39 is 0 Å². The van der Waals surface area contributed by atoms with Crippen LogP contribution in [0.2, 0.25) is 0 Å². The molecule has 0 aromatic heterocycles. The van der Waals surface area contributed by atoms with Crippen LogP contribution in [-0.4, -0.2) is 64.9 Å². The predicted molar refractivity (Wildman–Crippen MR) is 94.4 cm³/mol. The van der Waals surface area contributed by atoms with E-state index in [9.17, 15) is 0 Å². The van der Waals surface area contributed by atoms with Crippen LogP contribution < -0.4 is 26.6 Å². The van der Waals surface area contributed by atoms with Crippen LogP contribution >= 0.6 is 20.2 Å².